The maximum atomic E-state index is 12.7. The Morgan fingerprint density at radius 3 is 1.52 bits per heavy atom. The summed E-state index contributed by atoms with van der Waals surface area (Å²) in [5.74, 6) is -0.933. The molecule has 3 atom stereocenters. The standard InChI is InChI=1S/C50H82NO9P/c1-6-8-9-10-11-12-13-14-15-16-17-18-19-23-26-29-32-35-38-41-49(53)57-45-48(46-59-61(55,56)58-44-43-51(3,4)5)60-50(54)42-39-36-33-30-27-24-21-20-22-25-28-31-34-37-40-47(52)7-2/h8-9,11-12,14-15,17-18,21-26,30-31,33-34,47-48,52H,6-7,10,13,16,19-20,27-29,32,35-46H2,1-5H3/p+1/b9-8-,12-11-,15-14-,18-17-,24-21-,25-22-,26-23-,33-30-,34-31-/t47-,48-/m1/s1. The zero-order chi connectivity index (χ0) is 45.1. The molecule has 61 heavy (non-hydrogen) atoms. The number of ether oxygens (including phenoxy) is 2. The highest BCUT2D eigenvalue weighted by molar-refractivity contribution is 7.47. The van der Waals surface area contributed by atoms with Gasteiger partial charge in [-0.15, -0.1) is 0 Å². The van der Waals surface area contributed by atoms with Crippen molar-refractivity contribution in [2.45, 2.75) is 148 Å². The molecule has 0 aliphatic carbocycles. The van der Waals surface area contributed by atoms with Gasteiger partial charge in [-0.25, -0.2) is 4.57 Å². The molecule has 0 aromatic heterocycles. The van der Waals surface area contributed by atoms with E-state index in [2.05, 4.69) is 110 Å². The Morgan fingerprint density at radius 2 is 1.03 bits per heavy atom. The van der Waals surface area contributed by atoms with Crippen LogP contribution in [0.2, 0.25) is 0 Å². The Balaban J connectivity index is 4.53. The van der Waals surface area contributed by atoms with E-state index in [1.165, 1.54) is 0 Å². The van der Waals surface area contributed by atoms with Crippen LogP contribution in [0.15, 0.2) is 109 Å². The Morgan fingerprint density at radius 1 is 0.574 bits per heavy atom. The molecule has 0 radical (unpaired) electrons. The average Bonchev–Trinajstić information content (AvgIpc) is 3.21. The fourth-order valence-electron chi connectivity index (χ4n) is 5.25. The molecule has 0 amide bonds. The van der Waals surface area contributed by atoms with Gasteiger partial charge in [0, 0.05) is 12.8 Å². The van der Waals surface area contributed by atoms with Crippen LogP contribution in [-0.2, 0) is 32.7 Å². The summed E-state index contributed by atoms with van der Waals surface area (Å²) in [6.45, 7) is 3.88. The van der Waals surface area contributed by atoms with Crippen molar-refractivity contribution < 1.29 is 47.2 Å². The van der Waals surface area contributed by atoms with E-state index in [0.717, 1.165) is 89.9 Å². The number of phosphoric acid groups is 1. The van der Waals surface area contributed by atoms with Crippen molar-refractivity contribution in [2.24, 2.45) is 0 Å². The minimum Gasteiger partial charge on any atom is -0.462 e. The van der Waals surface area contributed by atoms with Crippen LogP contribution >= 0.6 is 7.82 Å². The maximum Gasteiger partial charge on any atom is 0.472 e. The molecule has 0 spiro atoms. The predicted octanol–water partition coefficient (Wildman–Crippen LogP) is 12.1. The number of carbonyl (C=O) groups is 2. The molecule has 0 bridgehead atoms. The number of aliphatic hydroxyl groups is 1. The average molecular weight is 873 g/mol. The number of esters is 2. The van der Waals surface area contributed by atoms with Crippen LogP contribution in [0.5, 0.6) is 0 Å². The molecule has 0 aliphatic rings. The van der Waals surface area contributed by atoms with Gasteiger partial charge < -0.3 is 24.0 Å². The van der Waals surface area contributed by atoms with Gasteiger partial charge in [0.1, 0.15) is 19.8 Å². The molecule has 0 aromatic carbocycles. The molecule has 0 saturated carbocycles. The lowest BCUT2D eigenvalue weighted by molar-refractivity contribution is -0.870. The van der Waals surface area contributed by atoms with Gasteiger partial charge in [0.15, 0.2) is 6.10 Å². The second-order valence-electron chi connectivity index (χ2n) is 15.8. The molecule has 0 rings (SSSR count). The van der Waals surface area contributed by atoms with Crippen molar-refractivity contribution in [1.29, 1.82) is 0 Å². The summed E-state index contributed by atoms with van der Waals surface area (Å²) in [7, 11) is 1.38. The van der Waals surface area contributed by atoms with Gasteiger partial charge >= 0.3 is 19.8 Å². The zero-order valence-electron chi connectivity index (χ0n) is 38.5. The third-order valence-electron chi connectivity index (χ3n) is 8.95. The first kappa shape index (κ1) is 57.6. The van der Waals surface area contributed by atoms with Crippen LogP contribution in [0.1, 0.15) is 136 Å². The van der Waals surface area contributed by atoms with Crippen LogP contribution < -0.4 is 0 Å². The molecule has 1 unspecified atom stereocenters. The van der Waals surface area contributed by atoms with Crippen LogP contribution in [0.3, 0.4) is 0 Å². The van der Waals surface area contributed by atoms with Gasteiger partial charge in [-0.3, -0.25) is 18.6 Å². The first-order chi connectivity index (χ1) is 29.4. The molecular weight excluding hydrogens is 790 g/mol. The fraction of sp³-hybridized carbons (Fsp3) is 0.600. The van der Waals surface area contributed by atoms with Gasteiger partial charge in [-0.1, -0.05) is 130 Å². The largest absolute Gasteiger partial charge is 0.472 e. The highest BCUT2D eigenvalue weighted by atomic mass is 31.2. The van der Waals surface area contributed by atoms with Gasteiger partial charge in [-0.05, 0) is 103 Å². The second kappa shape index (κ2) is 40.7. The van der Waals surface area contributed by atoms with Crippen LogP contribution in [-0.4, -0.2) is 86.1 Å². The molecule has 0 aromatic rings. The molecule has 346 valence electrons. The van der Waals surface area contributed by atoms with Crippen molar-refractivity contribution in [1.82, 2.24) is 0 Å². The highest BCUT2D eigenvalue weighted by Crippen LogP contribution is 2.43. The Labute approximate surface area is 370 Å². The fourth-order valence-corrected chi connectivity index (χ4v) is 5.99. The Hall–Kier alpha value is -3.37. The van der Waals surface area contributed by atoms with E-state index in [9.17, 15) is 24.2 Å². The van der Waals surface area contributed by atoms with E-state index in [1.54, 1.807) is 0 Å². The van der Waals surface area contributed by atoms with Crippen molar-refractivity contribution >= 4 is 19.8 Å². The van der Waals surface area contributed by atoms with Crippen molar-refractivity contribution in [3.63, 3.8) is 0 Å². The van der Waals surface area contributed by atoms with Gasteiger partial charge in [-0.2, -0.15) is 0 Å². The topological polar surface area (TPSA) is 129 Å². The summed E-state index contributed by atoms with van der Waals surface area (Å²) in [5, 5.41) is 9.58. The third kappa shape index (κ3) is 44.5. The lowest BCUT2D eigenvalue weighted by atomic mass is 10.1. The SMILES string of the molecule is CC/C=C\C/C=C\C/C=C\C/C=C\C/C=C\CCCCCC(=O)OC[C@H](COP(=O)(O)OCC[N+](C)(C)C)OC(=O)CCC/C=C\C/C=C\C/C=C\C/C=C\CC[C@H](O)CC. The molecule has 2 N–H and O–H groups in total. The van der Waals surface area contributed by atoms with E-state index in [0.29, 0.717) is 30.3 Å². The number of nitrogens with zero attached hydrogens (tertiary/aromatic N) is 1. The van der Waals surface area contributed by atoms with Crippen LogP contribution in [0.4, 0.5) is 0 Å². The summed E-state index contributed by atoms with van der Waals surface area (Å²) in [5.41, 5.74) is 0. The summed E-state index contributed by atoms with van der Waals surface area (Å²) in [6.07, 6.45) is 52.3. The quantitative estimate of drug-likeness (QED) is 0.0204. The van der Waals surface area contributed by atoms with Gasteiger partial charge in [0.05, 0.1) is 33.9 Å². The number of unbranched alkanes of at least 4 members (excludes halogenated alkanes) is 4. The minimum atomic E-state index is -4.42. The van der Waals surface area contributed by atoms with E-state index in [-0.39, 0.29) is 32.2 Å². The van der Waals surface area contributed by atoms with Crippen molar-refractivity contribution in [2.75, 3.05) is 47.5 Å². The summed E-state index contributed by atoms with van der Waals surface area (Å²) < 4.78 is 34.2. The lowest BCUT2D eigenvalue weighted by Gasteiger charge is -2.24. The van der Waals surface area contributed by atoms with Gasteiger partial charge in [0.2, 0.25) is 0 Å². The number of hydrogen-bond donors (Lipinski definition) is 2. The molecule has 0 heterocycles. The summed E-state index contributed by atoms with van der Waals surface area (Å²) in [6, 6.07) is 0. The van der Waals surface area contributed by atoms with E-state index in [1.807, 2.05) is 34.1 Å². The number of likely N-dealkylation sites (N-methyl/N-ethyl adjacent to an activating group) is 1. The van der Waals surface area contributed by atoms with Gasteiger partial charge in [0.25, 0.3) is 0 Å². The Bertz CT molecular complexity index is 1420. The molecule has 10 nitrogen and oxygen atoms in total. The van der Waals surface area contributed by atoms with Crippen molar-refractivity contribution in [3.05, 3.63) is 109 Å². The van der Waals surface area contributed by atoms with E-state index < -0.39 is 32.5 Å². The number of rotatable bonds is 39. The molecular formula is C50H83NO9P+. The zero-order valence-corrected chi connectivity index (χ0v) is 39.4. The predicted molar refractivity (Wildman–Crippen MR) is 253 cm³/mol. The van der Waals surface area contributed by atoms with Crippen LogP contribution in [0, 0.1) is 0 Å². The monoisotopic (exact) mass is 873 g/mol. The smallest absolute Gasteiger partial charge is 0.462 e. The lowest BCUT2D eigenvalue weighted by Crippen LogP contribution is -2.37. The van der Waals surface area contributed by atoms with Crippen molar-refractivity contribution in [3.8, 4) is 0 Å². The number of phosphoric ester groups is 1. The number of aliphatic hydroxyl groups excluding tert-OH is 1. The molecule has 11 heteroatoms. The highest BCUT2D eigenvalue weighted by Gasteiger charge is 2.27. The normalized spacial score (nSPS) is 15.1. The number of carbonyl (C=O) groups excluding carboxylic acids is 2. The third-order valence-corrected chi connectivity index (χ3v) is 9.93. The van der Waals surface area contributed by atoms with Crippen LogP contribution in [0.25, 0.3) is 0 Å². The minimum absolute atomic E-state index is 0.00282. The second-order valence-corrected chi connectivity index (χ2v) is 17.3. The molecule has 0 saturated heterocycles. The summed E-state index contributed by atoms with van der Waals surface area (Å²) in [4.78, 5) is 35.4. The first-order valence-corrected chi connectivity index (χ1v) is 24.2. The Kier molecular flexibility index (Phi) is 38.4. The molecule has 0 aliphatic heterocycles. The first-order valence-electron chi connectivity index (χ1n) is 22.7. The molecule has 0 fully saturated rings. The summed E-state index contributed by atoms with van der Waals surface area (Å²) >= 11 is 0. The number of hydrogen-bond acceptors (Lipinski definition) is 8. The maximum absolute atomic E-state index is 12.7. The van der Waals surface area contributed by atoms with E-state index >= 15 is 0 Å². The number of allylic oxidation sites excluding steroid dienone is 18. The van der Waals surface area contributed by atoms with E-state index in [4.69, 9.17) is 18.5 Å². The number of quaternary nitrogens is 1.